The summed E-state index contributed by atoms with van der Waals surface area (Å²) in [4.78, 5) is 2.64. The Bertz CT molecular complexity index is 444. The molecule has 21 heavy (non-hydrogen) atoms. The quantitative estimate of drug-likeness (QED) is 0.760. The van der Waals surface area contributed by atoms with Gasteiger partial charge < -0.3 is 10.2 Å². The van der Waals surface area contributed by atoms with E-state index in [9.17, 15) is 0 Å². The highest BCUT2D eigenvalue weighted by atomic mass is 79.9. The molecule has 0 bridgehead atoms. The largest absolute Gasteiger partial charge is 0.311 e. The van der Waals surface area contributed by atoms with Crippen LogP contribution in [0.2, 0.25) is 0 Å². The van der Waals surface area contributed by atoms with Gasteiger partial charge in [0.2, 0.25) is 0 Å². The normalized spacial score (nSPS) is 20.1. The second-order valence-corrected chi connectivity index (χ2v) is 6.87. The predicted molar refractivity (Wildman–Crippen MR) is 91.5 cm³/mol. The molecule has 1 aliphatic rings. The Kier molecular flexibility index (Phi) is 6.71. The van der Waals surface area contributed by atoms with Crippen molar-refractivity contribution in [1.82, 2.24) is 20.0 Å². The van der Waals surface area contributed by atoms with Crippen LogP contribution in [-0.2, 0) is 13.1 Å². The van der Waals surface area contributed by atoms with E-state index in [4.69, 9.17) is 0 Å². The molecule has 1 aliphatic heterocycles. The average Bonchev–Trinajstić information content (AvgIpc) is 2.76. The highest BCUT2D eigenvalue weighted by Gasteiger charge is 2.17. The zero-order valence-corrected chi connectivity index (χ0v) is 15.2. The molecule has 1 atom stereocenters. The third kappa shape index (κ3) is 4.54. The van der Waals surface area contributed by atoms with E-state index >= 15 is 0 Å². The first kappa shape index (κ1) is 17.0. The van der Waals surface area contributed by atoms with Crippen molar-refractivity contribution in [3.05, 3.63) is 15.9 Å². The number of nitrogens with zero attached hydrogens (tertiary/aromatic N) is 3. The summed E-state index contributed by atoms with van der Waals surface area (Å²) in [7, 11) is 0. The van der Waals surface area contributed by atoms with E-state index in [0.29, 0.717) is 0 Å². The molecule has 1 N–H and O–H groups in total. The molecule has 2 rings (SSSR count). The summed E-state index contributed by atoms with van der Waals surface area (Å²) >= 11 is 3.65. The Labute approximate surface area is 137 Å². The molecule has 0 aromatic carbocycles. The van der Waals surface area contributed by atoms with Gasteiger partial charge >= 0.3 is 0 Å². The fraction of sp³-hybridized carbons (Fsp3) is 0.812. The third-order valence-electron chi connectivity index (χ3n) is 4.48. The number of nitrogens with one attached hydrogen (secondary N) is 1. The van der Waals surface area contributed by atoms with Gasteiger partial charge in [0, 0.05) is 19.1 Å². The zero-order chi connectivity index (χ0) is 15.2. The number of hydrogen-bond donors (Lipinski definition) is 1. The number of halogens is 1. The molecule has 2 heterocycles. The molecule has 4 nitrogen and oxygen atoms in total. The highest BCUT2D eigenvalue weighted by molar-refractivity contribution is 9.10. The van der Waals surface area contributed by atoms with Crippen LogP contribution in [0, 0.1) is 6.92 Å². The fourth-order valence-electron chi connectivity index (χ4n) is 3.14. The molecule has 0 aliphatic carbocycles. The Morgan fingerprint density at radius 2 is 2.19 bits per heavy atom. The van der Waals surface area contributed by atoms with Crippen molar-refractivity contribution >= 4 is 15.9 Å². The number of aryl methyl sites for hydroxylation is 2. The first-order valence-corrected chi connectivity index (χ1v) is 9.09. The molecule has 0 radical (unpaired) electrons. The van der Waals surface area contributed by atoms with E-state index in [1.54, 1.807) is 0 Å². The van der Waals surface area contributed by atoms with E-state index in [2.05, 4.69) is 56.7 Å². The molecule has 120 valence electrons. The van der Waals surface area contributed by atoms with Crippen LogP contribution in [-0.4, -0.2) is 40.4 Å². The van der Waals surface area contributed by atoms with Crippen LogP contribution < -0.4 is 5.32 Å². The first-order valence-electron chi connectivity index (χ1n) is 8.30. The van der Waals surface area contributed by atoms with Gasteiger partial charge in [0.25, 0.3) is 0 Å². The van der Waals surface area contributed by atoms with Crippen LogP contribution in [0.25, 0.3) is 0 Å². The van der Waals surface area contributed by atoms with Crippen LogP contribution in [0.15, 0.2) is 4.47 Å². The number of likely N-dealkylation sites (tertiary alicyclic amines) is 1. The van der Waals surface area contributed by atoms with Gasteiger partial charge in [-0.05, 0) is 75.6 Å². The van der Waals surface area contributed by atoms with Gasteiger partial charge in [-0.3, -0.25) is 4.68 Å². The van der Waals surface area contributed by atoms with Crippen molar-refractivity contribution in [3.8, 4) is 0 Å². The number of hydrogen-bond acceptors (Lipinski definition) is 3. The number of aromatic nitrogens is 2. The van der Waals surface area contributed by atoms with Gasteiger partial charge in [-0.25, -0.2) is 0 Å². The average molecular weight is 357 g/mol. The molecule has 0 spiro atoms. The zero-order valence-electron chi connectivity index (χ0n) is 13.7. The minimum Gasteiger partial charge on any atom is -0.311 e. The van der Waals surface area contributed by atoms with Crippen molar-refractivity contribution in [2.75, 3.05) is 19.6 Å². The van der Waals surface area contributed by atoms with Crippen molar-refractivity contribution in [3.63, 3.8) is 0 Å². The maximum Gasteiger partial charge on any atom is 0.0739 e. The van der Waals surface area contributed by atoms with E-state index in [-0.39, 0.29) is 0 Å². The van der Waals surface area contributed by atoms with Gasteiger partial charge in [-0.15, -0.1) is 0 Å². The molecule has 1 aromatic rings. The van der Waals surface area contributed by atoms with Crippen LogP contribution >= 0.6 is 15.9 Å². The van der Waals surface area contributed by atoms with E-state index < -0.39 is 0 Å². The lowest BCUT2D eigenvalue weighted by Crippen LogP contribution is -2.38. The summed E-state index contributed by atoms with van der Waals surface area (Å²) in [6.45, 7) is 12.0. The monoisotopic (exact) mass is 356 g/mol. The van der Waals surface area contributed by atoms with Crippen LogP contribution in [0.5, 0.6) is 0 Å². The summed E-state index contributed by atoms with van der Waals surface area (Å²) in [6.07, 6.45) is 5.38. The van der Waals surface area contributed by atoms with Crippen molar-refractivity contribution in [2.45, 2.75) is 65.6 Å². The third-order valence-corrected chi connectivity index (χ3v) is 5.52. The minimum absolute atomic E-state index is 0.775. The van der Waals surface area contributed by atoms with Crippen molar-refractivity contribution < 1.29 is 0 Å². The summed E-state index contributed by atoms with van der Waals surface area (Å²) in [5, 5.41) is 8.10. The van der Waals surface area contributed by atoms with Crippen molar-refractivity contribution in [1.29, 1.82) is 0 Å². The molecule has 5 heteroatoms. The summed E-state index contributed by atoms with van der Waals surface area (Å²) in [6, 6.07) is 0.775. The molecule has 0 amide bonds. The lowest BCUT2D eigenvalue weighted by molar-refractivity contribution is 0.159. The molecule has 0 saturated carbocycles. The van der Waals surface area contributed by atoms with E-state index in [1.165, 1.54) is 44.5 Å². The maximum atomic E-state index is 4.53. The number of piperidine rings is 1. The lowest BCUT2D eigenvalue weighted by atomic mass is 10.0. The molecule has 1 unspecified atom stereocenters. The summed E-state index contributed by atoms with van der Waals surface area (Å²) in [5.74, 6) is 0. The first-order chi connectivity index (χ1) is 10.1. The van der Waals surface area contributed by atoms with Gasteiger partial charge in [0.05, 0.1) is 15.9 Å². The maximum absolute atomic E-state index is 4.53. The van der Waals surface area contributed by atoms with Crippen LogP contribution in [0.1, 0.15) is 50.9 Å². The molecular weight excluding hydrogens is 328 g/mol. The van der Waals surface area contributed by atoms with Gasteiger partial charge in [0.15, 0.2) is 0 Å². The Hall–Kier alpha value is -0.390. The SMILES string of the molecule is CCn1nc(C)c(Br)c1CNCCCN1CCCCC1C. The minimum atomic E-state index is 0.775. The number of rotatable bonds is 7. The Morgan fingerprint density at radius 3 is 2.90 bits per heavy atom. The topological polar surface area (TPSA) is 33.1 Å². The molecule has 1 aromatic heterocycles. The van der Waals surface area contributed by atoms with Gasteiger partial charge in [0.1, 0.15) is 0 Å². The Morgan fingerprint density at radius 1 is 1.38 bits per heavy atom. The van der Waals surface area contributed by atoms with E-state index in [0.717, 1.165) is 35.8 Å². The second kappa shape index (κ2) is 8.30. The van der Waals surface area contributed by atoms with Crippen LogP contribution in [0.3, 0.4) is 0 Å². The molecule has 1 saturated heterocycles. The predicted octanol–water partition coefficient (Wildman–Crippen LogP) is 3.33. The van der Waals surface area contributed by atoms with Gasteiger partial charge in [-0.2, -0.15) is 5.10 Å². The van der Waals surface area contributed by atoms with Crippen LogP contribution in [0.4, 0.5) is 0 Å². The summed E-state index contributed by atoms with van der Waals surface area (Å²) in [5.41, 5.74) is 2.34. The smallest absolute Gasteiger partial charge is 0.0739 e. The van der Waals surface area contributed by atoms with Crippen molar-refractivity contribution in [2.24, 2.45) is 0 Å². The summed E-state index contributed by atoms with van der Waals surface area (Å²) < 4.78 is 3.24. The standard InChI is InChI=1S/C16H29BrN4/c1-4-21-15(16(17)14(3)19-21)12-18-9-7-11-20-10-6-5-8-13(20)2/h13,18H,4-12H2,1-3H3. The molecule has 1 fully saturated rings. The van der Waals surface area contributed by atoms with Gasteiger partial charge in [-0.1, -0.05) is 6.42 Å². The second-order valence-electron chi connectivity index (χ2n) is 6.07. The molecular formula is C16H29BrN4. The highest BCUT2D eigenvalue weighted by Crippen LogP contribution is 2.20. The van der Waals surface area contributed by atoms with E-state index in [1.807, 2.05) is 0 Å². The fourth-order valence-corrected chi connectivity index (χ4v) is 3.57. The Balaban J connectivity index is 1.70. The lowest BCUT2D eigenvalue weighted by Gasteiger charge is -2.33.